The molecular formula is C22H28N6O3. The summed E-state index contributed by atoms with van der Waals surface area (Å²) in [6, 6.07) is -0.279. The van der Waals surface area contributed by atoms with Gasteiger partial charge in [-0.3, -0.25) is 19.1 Å². The number of aromatic amines is 1. The van der Waals surface area contributed by atoms with Gasteiger partial charge in [0.25, 0.3) is 11.5 Å². The van der Waals surface area contributed by atoms with Gasteiger partial charge in [0.05, 0.1) is 30.0 Å². The number of carbonyl (C=O) groups excluding carboxylic acids is 2. The van der Waals surface area contributed by atoms with Gasteiger partial charge < -0.3 is 14.8 Å². The number of piperidine rings is 1. The van der Waals surface area contributed by atoms with Crippen LogP contribution in [0.1, 0.15) is 72.5 Å². The maximum atomic E-state index is 13.2. The number of amides is 2. The Balaban J connectivity index is 1.43. The zero-order valence-electron chi connectivity index (χ0n) is 17.8. The number of nitrogens with one attached hydrogen (secondary N) is 1. The molecule has 9 heteroatoms. The van der Waals surface area contributed by atoms with E-state index >= 15 is 0 Å². The monoisotopic (exact) mass is 424 g/mol. The van der Waals surface area contributed by atoms with Crippen molar-refractivity contribution in [1.29, 1.82) is 0 Å². The summed E-state index contributed by atoms with van der Waals surface area (Å²) in [6.45, 7) is 4.25. The van der Waals surface area contributed by atoms with Gasteiger partial charge in [-0.05, 0) is 45.4 Å². The predicted molar refractivity (Wildman–Crippen MR) is 112 cm³/mol. The molecule has 2 aliphatic heterocycles. The maximum absolute atomic E-state index is 13.2. The SMILES string of the molecule is CCn1cc(C(=O)N2CCCC[C@@H]2c2nc3c(c(=O)[nH]2)CCN(C(=O)C2CC2)C3)cn1. The van der Waals surface area contributed by atoms with Crippen molar-refractivity contribution in [1.82, 2.24) is 29.5 Å². The largest absolute Gasteiger partial charge is 0.336 e. The van der Waals surface area contributed by atoms with Gasteiger partial charge in [0.1, 0.15) is 5.82 Å². The Hall–Kier alpha value is -2.97. The molecule has 2 amide bonds. The van der Waals surface area contributed by atoms with Crippen LogP contribution in [-0.2, 0) is 24.3 Å². The normalized spacial score (nSPS) is 21.1. The third-order valence-electron chi connectivity index (χ3n) is 6.61. The predicted octanol–water partition coefficient (Wildman–Crippen LogP) is 1.65. The lowest BCUT2D eigenvalue weighted by Crippen LogP contribution is -2.42. The molecule has 2 aromatic rings. The van der Waals surface area contributed by atoms with Crippen LogP contribution in [0.25, 0.3) is 0 Å². The van der Waals surface area contributed by atoms with E-state index in [1.165, 1.54) is 0 Å². The van der Waals surface area contributed by atoms with Gasteiger partial charge in [0.2, 0.25) is 5.91 Å². The van der Waals surface area contributed by atoms with Crippen molar-refractivity contribution < 1.29 is 9.59 Å². The third-order valence-corrected chi connectivity index (χ3v) is 6.61. The van der Waals surface area contributed by atoms with Crippen molar-refractivity contribution in [2.75, 3.05) is 13.1 Å². The summed E-state index contributed by atoms with van der Waals surface area (Å²) in [4.78, 5) is 49.9. The fourth-order valence-electron chi connectivity index (χ4n) is 4.66. The molecule has 1 N–H and O–H groups in total. The van der Waals surface area contributed by atoms with Crippen LogP contribution in [0.2, 0.25) is 0 Å². The molecule has 31 heavy (non-hydrogen) atoms. The molecule has 164 valence electrons. The average molecular weight is 425 g/mol. The molecular weight excluding hydrogens is 396 g/mol. The second kappa shape index (κ2) is 7.94. The van der Waals surface area contributed by atoms with Crippen LogP contribution in [0.3, 0.4) is 0 Å². The number of H-pyrrole nitrogens is 1. The standard InChI is InChI=1S/C22H28N6O3/c1-2-27-12-15(11-23-27)22(31)28-9-4-3-5-18(28)19-24-17-13-26(21(30)14-6-7-14)10-8-16(17)20(29)25-19/h11-12,14,18H,2-10,13H2,1H3,(H,24,25,29)/t18-/m1/s1. The van der Waals surface area contributed by atoms with Gasteiger partial charge in [-0.2, -0.15) is 5.10 Å². The first-order chi connectivity index (χ1) is 15.0. The van der Waals surface area contributed by atoms with E-state index in [1.807, 2.05) is 11.8 Å². The first-order valence-corrected chi connectivity index (χ1v) is 11.3. The summed E-state index contributed by atoms with van der Waals surface area (Å²) in [7, 11) is 0. The number of hydrogen-bond donors (Lipinski definition) is 1. The number of nitrogens with zero attached hydrogens (tertiary/aromatic N) is 5. The van der Waals surface area contributed by atoms with Crippen molar-refractivity contribution in [3.8, 4) is 0 Å². The van der Waals surface area contributed by atoms with Gasteiger partial charge in [0, 0.05) is 37.3 Å². The highest BCUT2D eigenvalue weighted by atomic mass is 16.2. The topological polar surface area (TPSA) is 104 Å². The summed E-state index contributed by atoms with van der Waals surface area (Å²) >= 11 is 0. The lowest BCUT2D eigenvalue weighted by molar-refractivity contribution is -0.133. The van der Waals surface area contributed by atoms with Crippen molar-refractivity contribution in [2.24, 2.45) is 5.92 Å². The molecule has 4 heterocycles. The molecule has 9 nitrogen and oxygen atoms in total. The molecule has 0 spiro atoms. The highest BCUT2D eigenvalue weighted by Crippen LogP contribution is 2.33. The van der Waals surface area contributed by atoms with E-state index in [9.17, 15) is 14.4 Å². The summed E-state index contributed by atoms with van der Waals surface area (Å²) in [6.07, 6.45) is 8.45. The lowest BCUT2D eigenvalue weighted by atomic mass is 9.99. The van der Waals surface area contributed by atoms with Crippen molar-refractivity contribution in [2.45, 2.75) is 64.6 Å². The first-order valence-electron chi connectivity index (χ1n) is 11.3. The lowest BCUT2D eigenvalue weighted by Gasteiger charge is -2.35. The molecule has 1 saturated carbocycles. The molecule has 1 saturated heterocycles. The summed E-state index contributed by atoms with van der Waals surface area (Å²) in [5, 5.41) is 4.22. The van der Waals surface area contributed by atoms with Crippen LogP contribution in [0.4, 0.5) is 0 Å². The minimum Gasteiger partial charge on any atom is -0.336 e. The minimum absolute atomic E-state index is 0.0877. The Bertz CT molecular complexity index is 1070. The Morgan fingerprint density at radius 2 is 2.03 bits per heavy atom. The van der Waals surface area contributed by atoms with Gasteiger partial charge in [0.15, 0.2) is 0 Å². The Labute approximate surface area is 180 Å². The number of rotatable bonds is 4. The summed E-state index contributed by atoms with van der Waals surface area (Å²) in [5.74, 6) is 0.769. The fraction of sp³-hybridized carbons (Fsp3) is 0.591. The molecule has 0 unspecified atom stereocenters. The van der Waals surface area contributed by atoms with E-state index < -0.39 is 0 Å². The molecule has 3 aliphatic rings. The molecule has 0 radical (unpaired) electrons. The number of hydrogen-bond acceptors (Lipinski definition) is 5. The maximum Gasteiger partial charge on any atom is 0.257 e. The zero-order chi connectivity index (χ0) is 21.5. The average Bonchev–Trinajstić information content (AvgIpc) is 3.54. The minimum atomic E-state index is -0.279. The molecule has 2 aromatic heterocycles. The van der Waals surface area contributed by atoms with Crippen LogP contribution in [0.15, 0.2) is 17.2 Å². The van der Waals surface area contributed by atoms with Gasteiger partial charge in [-0.1, -0.05) is 0 Å². The van der Waals surface area contributed by atoms with E-state index in [0.717, 1.165) is 32.1 Å². The fourth-order valence-corrected chi connectivity index (χ4v) is 4.66. The van der Waals surface area contributed by atoms with Crippen molar-refractivity contribution in [3.63, 3.8) is 0 Å². The zero-order valence-corrected chi connectivity index (χ0v) is 17.8. The Kier molecular flexibility index (Phi) is 5.11. The Morgan fingerprint density at radius 1 is 1.19 bits per heavy atom. The van der Waals surface area contributed by atoms with E-state index in [-0.39, 0.29) is 29.3 Å². The number of carbonyl (C=O) groups is 2. The molecule has 5 rings (SSSR count). The van der Waals surface area contributed by atoms with Gasteiger partial charge >= 0.3 is 0 Å². The van der Waals surface area contributed by atoms with Crippen LogP contribution in [-0.4, -0.2) is 54.5 Å². The Morgan fingerprint density at radius 3 is 2.77 bits per heavy atom. The van der Waals surface area contributed by atoms with Gasteiger partial charge in [-0.15, -0.1) is 0 Å². The smallest absolute Gasteiger partial charge is 0.257 e. The second-order valence-electron chi connectivity index (χ2n) is 8.76. The van der Waals surface area contributed by atoms with Crippen LogP contribution in [0, 0.1) is 5.92 Å². The summed E-state index contributed by atoms with van der Waals surface area (Å²) in [5.41, 5.74) is 1.75. The second-order valence-corrected chi connectivity index (χ2v) is 8.76. The van der Waals surface area contributed by atoms with Crippen molar-refractivity contribution in [3.05, 3.63) is 45.4 Å². The highest BCUT2D eigenvalue weighted by molar-refractivity contribution is 5.94. The van der Waals surface area contributed by atoms with E-state index in [2.05, 4.69) is 10.1 Å². The molecule has 1 aliphatic carbocycles. The number of fused-ring (bicyclic) bond motifs is 1. The van der Waals surface area contributed by atoms with Crippen LogP contribution >= 0.6 is 0 Å². The quantitative estimate of drug-likeness (QED) is 0.804. The number of aromatic nitrogens is 4. The molecule has 0 bridgehead atoms. The molecule has 2 fully saturated rings. The van der Waals surface area contributed by atoms with Crippen LogP contribution < -0.4 is 5.56 Å². The van der Waals surface area contributed by atoms with Gasteiger partial charge in [-0.25, -0.2) is 4.98 Å². The third kappa shape index (κ3) is 3.77. The highest BCUT2D eigenvalue weighted by Gasteiger charge is 2.36. The summed E-state index contributed by atoms with van der Waals surface area (Å²) < 4.78 is 1.73. The van der Waals surface area contributed by atoms with Crippen molar-refractivity contribution >= 4 is 11.8 Å². The number of aryl methyl sites for hydroxylation is 1. The van der Waals surface area contributed by atoms with E-state index in [4.69, 9.17) is 4.98 Å². The van der Waals surface area contributed by atoms with Crippen LogP contribution in [0.5, 0.6) is 0 Å². The molecule has 1 atom stereocenters. The number of likely N-dealkylation sites (tertiary alicyclic amines) is 1. The van der Waals surface area contributed by atoms with E-state index in [0.29, 0.717) is 55.2 Å². The molecule has 0 aromatic carbocycles. The van der Waals surface area contributed by atoms with E-state index in [1.54, 1.807) is 22.0 Å². The first kappa shape index (κ1) is 20.0.